The lowest BCUT2D eigenvalue weighted by Crippen LogP contribution is -2.30. The Balaban J connectivity index is 1.44. The average molecular weight is 441 g/mol. The Labute approximate surface area is 181 Å². The summed E-state index contributed by atoms with van der Waals surface area (Å²) in [6.07, 6.45) is 0. The van der Waals surface area contributed by atoms with Crippen molar-refractivity contribution >= 4 is 40.3 Å². The van der Waals surface area contributed by atoms with Gasteiger partial charge >= 0.3 is 0 Å². The van der Waals surface area contributed by atoms with E-state index >= 15 is 0 Å². The van der Waals surface area contributed by atoms with Gasteiger partial charge in [0.15, 0.2) is 11.0 Å². The van der Waals surface area contributed by atoms with Gasteiger partial charge in [-0.3, -0.25) is 4.79 Å². The van der Waals surface area contributed by atoms with Crippen LogP contribution in [0.5, 0.6) is 0 Å². The first-order chi connectivity index (χ1) is 14.1. The van der Waals surface area contributed by atoms with Gasteiger partial charge in [-0.05, 0) is 35.4 Å². The molecule has 0 spiro atoms. The number of aryl methyl sites for hydroxylation is 1. The minimum absolute atomic E-state index is 0.0327. The van der Waals surface area contributed by atoms with E-state index in [2.05, 4.69) is 52.8 Å². The second kappa shape index (κ2) is 8.94. The fourth-order valence-electron chi connectivity index (χ4n) is 2.93. The number of thiophene rings is 2. The van der Waals surface area contributed by atoms with Gasteiger partial charge in [-0.1, -0.05) is 53.7 Å². The third-order valence-corrected chi connectivity index (χ3v) is 7.28. The Morgan fingerprint density at radius 1 is 1.10 bits per heavy atom. The Morgan fingerprint density at radius 3 is 2.55 bits per heavy atom. The monoisotopic (exact) mass is 440 g/mol. The third kappa shape index (κ3) is 4.60. The second-order valence-corrected chi connectivity index (χ2v) is 9.43. The summed E-state index contributed by atoms with van der Waals surface area (Å²) >= 11 is 4.66. The molecule has 0 bridgehead atoms. The molecule has 1 aromatic carbocycles. The maximum Gasteiger partial charge on any atom is 0.231 e. The van der Waals surface area contributed by atoms with Crippen LogP contribution in [0.4, 0.5) is 0 Å². The zero-order valence-corrected chi connectivity index (χ0v) is 18.5. The molecule has 0 saturated carbocycles. The molecule has 8 heteroatoms. The number of hydrogen-bond acceptors (Lipinski definition) is 6. The van der Waals surface area contributed by atoms with Crippen molar-refractivity contribution in [1.82, 2.24) is 20.1 Å². The van der Waals surface area contributed by atoms with Crippen molar-refractivity contribution in [3.63, 3.8) is 0 Å². The van der Waals surface area contributed by atoms with Crippen LogP contribution in [-0.4, -0.2) is 26.4 Å². The van der Waals surface area contributed by atoms with Crippen LogP contribution in [0.2, 0.25) is 0 Å². The van der Waals surface area contributed by atoms with Crippen LogP contribution in [-0.2, 0) is 11.8 Å². The predicted octanol–water partition coefficient (Wildman–Crippen LogP) is 4.91. The molecule has 148 valence electrons. The molecule has 1 N–H and O–H groups in total. The number of hydrogen-bond donors (Lipinski definition) is 1. The van der Waals surface area contributed by atoms with E-state index in [1.165, 1.54) is 17.3 Å². The summed E-state index contributed by atoms with van der Waals surface area (Å²) in [5.41, 5.74) is 2.28. The van der Waals surface area contributed by atoms with Crippen molar-refractivity contribution in [3.05, 3.63) is 75.3 Å². The SMILES string of the molecule is Cc1ccc(C(NC(=O)CSc2nnc(-c3cccs3)n2C)c2cccs2)cc1. The maximum atomic E-state index is 12.7. The zero-order chi connectivity index (χ0) is 20.2. The Kier molecular flexibility index (Phi) is 6.13. The molecule has 4 rings (SSSR count). The van der Waals surface area contributed by atoms with Crippen LogP contribution >= 0.6 is 34.4 Å². The molecule has 4 aromatic rings. The van der Waals surface area contributed by atoms with E-state index < -0.39 is 0 Å². The normalized spacial score (nSPS) is 12.1. The molecule has 0 saturated heterocycles. The number of thioether (sulfide) groups is 1. The highest BCUT2D eigenvalue weighted by molar-refractivity contribution is 7.99. The Hall–Kier alpha value is -2.42. The summed E-state index contributed by atoms with van der Waals surface area (Å²) in [4.78, 5) is 14.9. The van der Waals surface area contributed by atoms with Crippen LogP contribution in [0.1, 0.15) is 22.0 Å². The largest absolute Gasteiger partial charge is 0.344 e. The lowest BCUT2D eigenvalue weighted by Gasteiger charge is -2.18. The second-order valence-electron chi connectivity index (χ2n) is 6.56. The first-order valence-corrected chi connectivity index (χ1v) is 11.8. The molecule has 5 nitrogen and oxygen atoms in total. The molecule has 29 heavy (non-hydrogen) atoms. The van der Waals surface area contributed by atoms with Gasteiger partial charge in [-0.2, -0.15) is 0 Å². The smallest absolute Gasteiger partial charge is 0.231 e. The molecule has 3 heterocycles. The van der Waals surface area contributed by atoms with Gasteiger partial charge in [0, 0.05) is 11.9 Å². The summed E-state index contributed by atoms with van der Waals surface area (Å²) in [7, 11) is 1.93. The van der Waals surface area contributed by atoms with Gasteiger partial charge in [0.1, 0.15) is 0 Å². The number of nitrogens with zero attached hydrogens (tertiary/aromatic N) is 3. The number of aromatic nitrogens is 3. The average Bonchev–Trinajstić information content (AvgIpc) is 3.48. The van der Waals surface area contributed by atoms with Gasteiger partial charge in [0.05, 0.1) is 16.7 Å². The first kappa shape index (κ1) is 19.9. The lowest BCUT2D eigenvalue weighted by molar-refractivity contribution is -0.119. The summed E-state index contributed by atoms with van der Waals surface area (Å²) in [5, 5.41) is 16.5. The molecule has 1 atom stereocenters. The van der Waals surface area contributed by atoms with Gasteiger partial charge < -0.3 is 9.88 Å². The molecule has 0 aliphatic heterocycles. The van der Waals surface area contributed by atoms with Crippen LogP contribution < -0.4 is 5.32 Å². The Bertz CT molecular complexity index is 1070. The fraction of sp³-hybridized carbons (Fsp3) is 0.190. The molecule has 0 radical (unpaired) electrons. The minimum atomic E-state index is -0.148. The number of carbonyl (C=O) groups is 1. The minimum Gasteiger partial charge on any atom is -0.344 e. The van der Waals surface area contributed by atoms with Crippen LogP contribution in [0.15, 0.2) is 64.4 Å². The van der Waals surface area contributed by atoms with Gasteiger partial charge in [0.25, 0.3) is 0 Å². The standard InChI is InChI=1S/C21H20N4OS3/c1-14-7-9-15(10-8-14)19(16-5-3-11-27-16)22-18(26)13-29-21-24-23-20(25(21)2)17-6-4-12-28-17/h3-12,19H,13H2,1-2H3,(H,22,26). The highest BCUT2D eigenvalue weighted by Gasteiger charge is 2.19. The molecular formula is C21H20N4OS3. The molecule has 0 aliphatic rings. The summed E-state index contributed by atoms with van der Waals surface area (Å²) in [6, 6.07) is 16.2. The first-order valence-electron chi connectivity index (χ1n) is 9.07. The quantitative estimate of drug-likeness (QED) is 0.415. The number of benzene rings is 1. The molecule has 0 aliphatic carbocycles. The zero-order valence-electron chi connectivity index (χ0n) is 16.0. The van der Waals surface area contributed by atoms with E-state index in [-0.39, 0.29) is 17.7 Å². The highest BCUT2D eigenvalue weighted by Crippen LogP contribution is 2.28. The number of carbonyl (C=O) groups excluding carboxylic acids is 1. The molecule has 1 amide bonds. The van der Waals surface area contributed by atoms with Gasteiger partial charge in [-0.25, -0.2) is 0 Å². The topological polar surface area (TPSA) is 59.8 Å². The van der Waals surface area contributed by atoms with E-state index in [9.17, 15) is 4.79 Å². The van der Waals surface area contributed by atoms with Crippen molar-refractivity contribution in [2.45, 2.75) is 18.1 Å². The van der Waals surface area contributed by atoms with E-state index in [0.717, 1.165) is 26.3 Å². The number of amides is 1. The van der Waals surface area contributed by atoms with Crippen molar-refractivity contribution < 1.29 is 4.79 Å². The van der Waals surface area contributed by atoms with Crippen molar-refractivity contribution in [2.24, 2.45) is 7.05 Å². The van der Waals surface area contributed by atoms with E-state index in [1.54, 1.807) is 22.7 Å². The molecule has 3 aromatic heterocycles. The van der Waals surface area contributed by atoms with Crippen molar-refractivity contribution in [1.29, 1.82) is 0 Å². The van der Waals surface area contributed by atoms with E-state index in [4.69, 9.17) is 0 Å². The summed E-state index contributed by atoms with van der Waals surface area (Å²) in [6.45, 7) is 2.06. The Morgan fingerprint density at radius 2 is 1.86 bits per heavy atom. The summed E-state index contributed by atoms with van der Waals surface area (Å²) in [5.74, 6) is 1.07. The van der Waals surface area contributed by atoms with E-state index in [0.29, 0.717) is 0 Å². The predicted molar refractivity (Wildman–Crippen MR) is 121 cm³/mol. The number of nitrogens with one attached hydrogen (secondary N) is 1. The summed E-state index contributed by atoms with van der Waals surface area (Å²) < 4.78 is 1.93. The van der Waals surface area contributed by atoms with Gasteiger partial charge in [-0.15, -0.1) is 32.9 Å². The molecule has 0 fully saturated rings. The fourth-order valence-corrected chi connectivity index (χ4v) is 5.20. The van der Waals surface area contributed by atoms with Crippen LogP contribution in [0.25, 0.3) is 10.7 Å². The number of rotatable bonds is 7. The molecule has 1 unspecified atom stereocenters. The lowest BCUT2D eigenvalue weighted by atomic mass is 10.0. The van der Waals surface area contributed by atoms with Crippen LogP contribution in [0.3, 0.4) is 0 Å². The highest BCUT2D eigenvalue weighted by atomic mass is 32.2. The van der Waals surface area contributed by atoms with Crippen molar-refractivity contribution in [2.75, 3.05) is 5.75 Å². The molecular weight excluding hydrogens is 420 g/mol. The maximum absolute atomic E-state index is 12.7. The van der Waals surface area contributed by atoms with Gasteiger partial charge in [0.2, 0.25) is 5.91 Å². The van der Waals surface area contributed by atoms with Crippen LogP contribution in [0, 0.1) is 6.92 Å². The third-order valence-electron chi connectivity index (χ3n) is 4.45. The van der Waals surface area contributed by atoms with E-state index in [1.807, 2.05) is 40.6 Å². The van der Waals surface area contributed by atoms with Crippen molar-refractivity contribution in [3.8, 4) is 10.7 Å².